The van der Waals surface area contributed by atoms with Gasteiger partial charge in [-0.2, -0.15) is 0 Å². The number of amides is 1. The molecule has 96 valence electrons. The van der Waals surface area contributed by atoms with Gasteiger partial charge in [-0.15, -0.1) is 0 Å². The second-order valence-corrected chi connectivity index (χ2v) is 4.00. The highest BCUT2D eigenvalue weighted by Crippen LogP contribution is 2.12. The summed E-state index contributed by atoms with van der Waals surface area (Å²) in [5.74, 6) is -0.164. The van der Waals surface area contributed by atoms with E-state index in [1.165, 1.54) is 18.2 Å². The summed E-state index contributed by atoms with van der Waals surface area (Å²) in [6.07, 6.45) is 3.92. The van der Waals surface area contributed by atoms with Crippen LogP contribution in [0.3, 0.4) is 0 Å². The van der Waals surface area contributed by atoms with Gasteiger partial charge in [-0.3, -0.25) is 14.9 Å². The Morgan fingerprint density at radius 3 is 2.56 bits per heavy atom. The van der Waals surface area contributed by atoms with Crippen LogP contribution in [0, 0.1) is 10.1 Å². The molecule has 18 heavy (non-hydrogen) atoms. The van der Waals surface area contributed by atoms with Crippen LogP contribution < -0.4 is 5.32 Å². The first-order valence-electron chi connectivity index (χ1n) is 5.76. The lowest BCUT2D eigenvalue weighted by Crippen LogP contribution is -2.30. The maximum Gasteiger partial charge on any atom is 0.269 e. The summed E-state index contributed by atoms with van der Waals surface area (Å²) < 4.78 is 0. The van der Waals surface area contributed by atoms with Crippen molar-refractivity contribution in [3.8, 4) is 0 Å². The molecule has 0 saturated heterocycles. The van der Waals surface area contributed by atoms with Gasteiger partial charge in [-0.05, 0) is 37.1 Å². The van der Waals surface area contributed by atoms with Crippen molar-refractivity contribution in [1.29, 1.82) is 0 Å². The highest BCUT2D eigenvalue weighted by atomic mass is 16.6. The minimum absolute atomic E-state index is 0.0382. The molecule has 0 aliphatic carbocycles. The number of rotatable bonds is 5. The van der Waals surface area contributed by atoms with Crippen LogP contribution in [0.5, 0.6) is 0 Å². The van der Waals surface area contributed by atoms with Crippen LogP contribution in [0.4, 0.5) is 5.69 Å². The molecule has 1 aromatic carbocycles. The van der Waals surface area contributed by atoms with E-state index in [9.17, 15) is 14.9 Å². The predicted molar refractivity (Wildman–Crippen MR) is 70.0 cm³/mol. The molecule has 1 N–H and O–H groups in total. The average molecular weight is 248 g/mol. The van der Waals surface area contributed by atoms with E-state index in [0.29, 0.717) is 0 Å². The molecule has 1 atom stereocenters. The van der Waals surface area contributed by atoms with E-state index in [2.05, 4.69) is 5.32 Å². The first-order valence-corrected chi connectivity index (χ1v) is 5.76. The quantitative estimate of drug-likeness (QED) is 0.494. The van der Waals surface area contributed by atoms with Crippen molar-refractivity contribution >= 4 is 17.7 Å². The molecule has 5 nitrogen and oxygen atoms in total. The van der Waals surface area contributed by atoms with Gasteiger partial charge in [0.15, 0.2) is 0 Å². The smallest absolute Gasteiger partial charge is 0.269 e. The summed E-state index contributed by atoms with van der Waals surface area (Å²) in [4.78, 5) is 21.5. The predicted octanol–water partition coefficient (Wildman–Crippen LogP) is 2.52. The van der Waals surface area contributed by atoms with Crippen molar-refractivity contribution < 1.29 is 9.72 Å². The molecular formula is C13H16N2O3. The van der Waals surface area contributed by atoms with E-state index in [0.717, 1.165) is 12.0 Å². The van der Waals surface area contributed by atoms with Crippen molar-refractivity contribution in [1.82, 2.24) is 5.32 Å². The molecule has 1 amide bonds. The molecule has 0 bridgehead atoms. The van der Waals surface area contributed by atoms with Crippen LogP contribution in [-0.4, -0.2) is 16.9 Å². The second kappa shape index (κ2) is 6.54. The van der Waals surface area contributed by atoms with E-state index < -0.39 is 4.92 Å². The Kier molecular flexibility index (Phi) is 5.05. The molecule has 0 aliphatic rings. The molecule has 0 radical (unpaired) electrons. The molecule has 0 heterocycles. The molecule has 1 rings (SSSR count). The van der Waals surface area contributed by atoms with Gasteiger partial charge in [-0.25, -0.2) is 0 Å². The number of carbonyl (C=O) groups excluding carboxylic acids is 1. The number of benzene rings is 1. The van der Waals surface area contributed by atoms with E-state index >= 15 is 0 Å². The number of nitrogens with one attached hydrogen (secondary N) is 1. The number of carbonyl (C=O) groups is 1. The van der Waals surface area contributed by atoms with Crippen molar-refractivity contribution in [2.45, 2.75) is 26.3 Å². The first kappa shape index (κ1) is 13.9. The Balaban J connectivity index is 2.61. The maximum atomic E-state index is 11.5. The molecule has 0 aromatic heterocycles. The number of hydrogen-bond acceptors (Lipinski definition) is 3. The second-order valence-electron chi connectivity index (χ2n) is 4.00. The molecular weight excluding hydrogens is 232 g/mol. The van der Waals surface area contributed by atoms with E-state index in [4.69, 9.17) is 0 Å². The summed E-state index contributed by atoms with van der Waals surface area (Å²) >= 11 is 0. The third kappa shape index (κ3) is 4.37. The normalized spacial score (nSPS) is 12.3. The Bertz CT molecular complexity index is 452. The van der Waals surface area contributed by atoms with Crippen molar-refractivity contribution in [2.24, 2.45) is 0 Å². The van der Waals surface area contributed by atoms with Gasteiger partial charge in [0.05, 0.1) is 4.92 Å². The maximum absolute atomic E-state index is 11.5. The monoisotopic (exact) mass is 248 g/mol. The average Bonchev–Trinajstić information content (AvgIpc) is 2.36. The zero-order valence-corrected chi connectivity index (χ0v) is 10.4. The number of non-ortho nitro benzene ring substituents is 1. The third-order valence-corrected chi connectivity index (χ3v) is 2.53. The number of nitrogens with zero attached hydrogens (tertiary/aromatic N) is 1. The van der Waals surface area contributed by atoms with Crippen molar-refractivity contribution in [3.05, 3.63) is 46.0 Å². The van der Waals surface area contributed by atoms with E-state index in [-0.39, 0.29) is 17.6 Å². The molecule has 0 fully saturated rings. The minimum atomic E-state index is -0.455. The Hall–Kier alpha value is -2.17. The van der Waals surface area contributed by atoms with Crippen LogP contribution in [-0.2, 0) is 4.79 Å². The largest absolute Gasteiger partial charge is 0.350 e. The molecule has 5 heteroatoms. The summed E-state index contributed by atoms with van der Waals surface area (Å²) in [7, 11) is 0. The summed E-state index contributed by atoms with van der Waals surface area (Å²) in [5, 5.41) is 13.3. The number of nitro benzene ring substituents is 1. The van der Waals surface area contributed by atoms with Crippen LogP contribution >= 0.6 is 0 Å². The molecule has 0 unspecified atom stereocenters. The van der Waals surface area contributed by atoms with Crippen LogP contribution in [0.25, 0.3) is 6.08 Å². The Morgan fingerprint density at radius 1 is 1.44 bits per heavy atom. The molecule has 0 saturated carbocycles. The fraction of sp³-hybridized carbons (Fsp3) is 0.308. The fourth-order valence-corrected chi connectivity index (χ4v) is 1.27. The zero-order chi connectivity index (χ0) is 13.5. The fourth-order valence-electron chi connectivity index (χ4n) is 1.27. The standard InChI is InChI=1S/C13H16N2O3/c1-3-10(2)14-13(16)9-6-11-4-7-12(8-5-11)15(17)18/h4-10H,3H2,1-2H3,(H,14,16)/b9-6-/t10-/m0/s1. The van der Waals surface area contributed by atoms with Gasteiger partial charge in [0, 0.05) is 24.3 Å². The zero-order valence-electron chi connectivity index (χ0n) is 10.4. The molecule has 1 aromatic rings. The molecule has 0 spiro atoms. The lowest BCUT2D eigenvalue weighted by molar-refractivity contribution is -0.384. The lowest BCUT2D eigenvalue weighted by atomic mass is 10.2. The Labute approximate surface area is 106 Å². The SMILES string of the molecule is CC[C@H](C)NC(=O)/C=C\c1ccc([N+](=O)[O-])cc1. The Morgan fingerprint density at radius 2 is 2.06 bits per heavy atom. The highest BCUT2D eigenvalue weighted by molar-refractivity contribution is 5.91. The van der Waals surface area contributed by atoms with Crippen LogP contribution in [0.1, 0.15) is 25.8 Å². The summed E-state index contributed by atoms with van der Waals surface area (Å²) in [5.41, 5.74) is 0.788. The van der Waals surface area contributed by atoms with Gasteiger partial charge >= 0.3 is 0 Å². The van der Waals surface area contributed by atoms with Crippen LogP contribution in [0.2, 0.25) is 0 Å². The van der Waals surface area contributed by atoms with Crippen molar-refractivity contribution in [2.75, 3.05) is 0 Å². The lowest BCUT2D eigenvalue weighted by Gasteiger charge is -2.08. The first-order chi connectivity index (χ1) is 8.52. The van der Waals surface area contributed by atoms with Gasteiger partial charge < -0.3 is 5.32 Å². The number of nitro groups is 1. The summed E-state index contributed by atoms with van der Waals surface area (Å²) in [6.45, 7) is 3.92. The van der Waals surface area contributed by atoms with Crippen LogP contribution in [0.15, 0.2) is 30.3 Å². The highest BCUT2D eigenvalue weighted by Gasteiger charge is 2.03. The van der Waals surface area contributed by atoms with Crippen molar-refractivity contribution in [3.63, 3.8) is 0 Å². The molecule has 0 aliphatic heterocycles. The number of hydrogen-bond donors (Lipinski definition) is 1. The summed E-state index contributed by atoms with van der Waals surface area (Å²) in [6, 6.07) is 6.16. The minimum Gasteiger partial charge on any atom is -0.350 e. The third-order valence-electron chi connectivity index (χ3n) is 2.53. The van der Waals surface area contributed by atoms with Gasteiger partial charge in [0.2, 0.25) is 5.91 Å². The topological polar surface area (TPSA) is 72.2 Å². The van der Waals surface area contributed by atoms with Gasteiger partial charge in [0.1, 0.15) is 0 Å². The van der Waals surface area contributed by atoms with Gasteiger partial charge in [0.25, 0.3) is 5.69 Å². The van der Waals surface area contributed by atoms with E-state index in [1.54, 1.807) is 18.2 Å². The van der Waals surface area contributed by atoms with Gasteiger partial charge in [-0.1, -0.05) is 6.92 Å². The van der Waals surface area contributed by atoms with E-state index in [1.807, 2.05) is 13.8 Å².